The fraction of sp³-hybridized carbons (Fsp3) is 0.294. The third-order valence-corrected chi connectivity index (χ3v) is 5.55. The molecule has 7 heteroatoms. The molecular formula is C17H15ClN2O3S. The summed E-state index contributed by atoms with van der Waals surface area (Å²) >= 11 is 7.42. The summed E-state index contributed by atoms with van der Waals surface area (Å²) < 4.78 is 6.96. The zero-order chi connectivity index (χ0) is 17.1. The van der Waals surface area contributed by atoms with Crippen LogP contribution in [-0.4, -0.2) is 15.2 Å². The van der Waals surface area contributed by atoms with Gasteiger partial charge in [-0.1, -0.05) is 17.7 Å². The maximum atomic E-state index is 13.1. The third-order valence-electron chi connectivity index (χ3n) is 4.19. The number of fused-ring (bicyclic) bond motifs is 3. The molecule has 0 bridgehead atoms. The molecule has 0 amide bonds. The van der Waals surface area contributed by atoms with Crippen LogP contribution in [0.5, 0.6) is 0 Å². The number of hydrogen-bond acceptors (Lipinski definition) is 4. The van der Waals surface area contributed by atoms with Gasteiger partial charge in [0.25, 0.3) is 5.56 Å². The summed E-state index contributed by atoms with van der Waals surface area (Å²) in [6, 6.07) is 6.72. The van der Waals surface area contributed by atoms with Crippen molar-refractivity contribution in [3.05, 3.63) is 60.6 Å². The molecular weight excluding hydrogens is 348 g/mol. The fourth-order valence-electron chi connectivity index (χ4n) is 3.07. The van der Waals surface area contributed by atoms with Crippen molar-refractivity contribution in [1.29, 1.82) is 0 Å². The lowest BCUT2D eigenvalue weighted by Crippen LogP contribution is -2.35. The summed E-state index contributed by atoms with van der Waals surface area (Å²) in [7, 11) is 0. The van der Waals surface area contributed by atoms with Crippen molar-refractivity contribution < 1.29 is 4.74 Å². The lowest BCUT2D eigenvalue weighted by atomic mass is 9.94. The van der Waals surface area contributed by atoms with Crippen LogP contribution in [0.3, 0.4) is 0 Å². The molecule has 0 spiro atoms. The van der Waals surface area contributed by atoms with Gasteiger partial charge in [-0.3, -0.25) is 9.78 Å². The van der Waals surface area contributed by atoms with E-state index < -0.39 is 5.69 Å². The van der Waals surface area contributed by atoms with E-state index in [-0.39, 0.29) is 11.2 Å². The number of thiophene rings is 1. The van der Waals surface area contributed by atoms with Crippen molar-refractivity contribution in [2.45, 2.75) is 32.5 Å². The summed E-state index contributed by atoms with van der Waals surface area (Å²) in [5.74, 6) is 0. The Bertz CT molecular complexity index is 1080. The van der Waals surface area contributed by atoms with Crippen molar-refractivity contribution in [2.24, 2.45) is 0 Å². The lowest BCUT2D eigenvalue weighted by Gasteiger charge is -2.29. The molecule has 0 radical (unpaired) electrons. The highest BCUT2D eigenvalue weighted by atomic mass is 35.5. The highest BCUT2D eigenvalue weighted by molar-refractivity contribution is 7.18. The van der Waals surface area contributed by atoms with Crippen LogP contribution in [0.15, 0.2) is 33.9 Å². The van der Waals surface area contributed by atoms with Gasteiger partial charge in [0.1, 0.15) is 4.83 Å². The molecule has 0 aliphatic carbocycles. The van der Waals surface area contributed by atoms with Gasteiger partial charge in [0, 0.05) is 16.3 Å². The second-order valence-corrected chi connectivity index (χ2v) is 8.03. The van der Waals surface area contributed by atoms with Crippen molar-refractivity contribution in [1.82, 2.24) is 9.55 Å². The van der Waals surface area contributed by atoms with Crippen molar-refractivity contribution >= 4 is 33.2 Å². The Kier molecular flexibility index (Phi) is 3.46. The van der Waals surface area contributed by atoms with Gasteiger partial charge in [-0.25, -0.2) is 9.36 Å². The van der Waals surface area contributed by atoms with Crippen LogP contribution in [0.25, 0.3) is 15.9 Å². The first-order valence-electron chi connectivity index (χ1n) is 7.55. The number of hydrogen-bond donors (Lipinski definition) is 1. The van der Waals surface area contributed by atoms with E-state index >= 15 is 0 Å². The van der Waals surface area contributed by atoms with E-state index in [4.69, 9.17) is 16.3 Å². The average molecular weight is 363 g/mol. The van der Waals surface area contributed by atoms with E-state index in [1.807, 2.05) is 13.8 Å². The zero-order valence-corrected chi connectivity index (χ0v) is 14.8. The SMILES string of the molecule is CC1(C)Cc2c(sc3[nH]c(=O)n(-c4cccc(Cl)c4)c(=O)c23)CO1. The minimum Gasteiger partial charge on any atom is -0.370 e. The van der Waals surface area contributed by atoms with E-state index in [2.05, 4.69) is 4.98 Å². The first-order valence-corrected chi connectivity index (χ1v) is 8.75. The molecule has 1 N–H and O–H groups in total. The number of ether oxygens (including phenoxy) is 1. The molecule has 0 fully saturated rings. The molecule has 1 aromatic carbocycles. The Morgan fingerprint density at radius 1 is 1.33 bits per heavy atom. The molecule has 124 valence electrons. The number of aromatic nitrogens is 2. The normalized spacial score (nSPS) is 16.3. The number of H-pyrrole nitrogens is 1. The van der Waals surface area contributed by atoms with Crippen LogP contribution in [0.4, 0.5) is 0 Å². The Hall–Kier alpha value is -1.89. The highest BCUT2D eigenvalue weighted by Gasteiger charge is 2.31. The quantitative estimate of drug-likeness (QED) is 0.722. The summed E-state index contributed by atoms with van der Waals surface area (Å²) in [5.41, 5.74) is 0.328. The van der Waals surface area contributed by atoms with E-state index in [1.165, 1.54) is 11.3 Å². The number of aromatic amines is 1. The van der Waals surface area contributed by atoms with Crippen molar-refractivity contribution in [3.63, 3.8) is 0 Å². The van der Waals surface area contributed by atoms with Crippen LogP contribution >= 0.6 is 22.9 Å². The number of halogens is 1. The first-order chi connectivity index (χ1) is 11.4. The standard InChI is InChI=1S/C17H15ClN2O3S/c1-17(2)7-11-12(8-23-17)24-14-13(11)15(21)20(16(22)19-14)10-5-3-4-9(18)6-10/h3-6H,7-8H2,1-2H3,(H,19,22). The number of nitrogens with zero attached hydrogens (tertiary/aromatic N) is 1. The maximum Gasteiger partial charge on any atom is 0.334 e. The van der Waals surface area contributed by atoms with Gasteiger partial charge in [0.15, 0.2) is 0 Å². The summed E-state index contributed by atoms with van der Waals surface area (Å²) in [5, 5.41) is 1.05. The van der Waals surface area contributed by atoms with Crippen LogP contribution < -0.4 is 11.2 Å². The van der Waals surface area contributed by atoms with Crippen LogP contribution in [0.1, 0.15) is 24.3 Å². The highest BCUT2D eigenvalue weighted by Crippen LogP contribution is 2.36. The molecule has 2 aromatic heterocycles. The second-order valence-electron chi connectivity index (χ2n) is 6.48. The van der Waals surface area contributed by atoms with Gasteiger partial charge >= 0.3 is 5.69 Å². The average Bonchev–Trinajstić information content (AvgIpc) is 2.83. The van der Waals surface area contributed by atoms with Crippen molar-refractivity contribution in [3.8, 4) is 5.69 Å². The smallest absolute Gasteiger partial charge is 0.334 e. The Morgan fingerprint density at radius 3 is 2.88 bits per heavy atom. The van der Waals surface area contributed by atoms with E-state index in [0.29, 0.717) is 34.0 Å². The van der Waals surface area contributed by atoms with Crippen LogP contribution in [0, 0.1) is 0 Å². The topological polar surface area (TPSA) is 64.1 Å². The minimum atomic E-state index is -0.464. The Labute approximate surface area is 146 Å². The molecule has 4 rings (SSSR count). The lowest BCUT2D eigenvalue weighted by molar-refractivity contribution is -0.0379. The van der Waals surface area contributed by atoms with Crippen LogP contribution in [0.2, 0.25) is 5.02 Å². The monoisotopic (exact) mass is 362 g/mol. The first kappa shape index (κ1) is 15.6. The van der Waals surface area contributed by atoms with E-state index in [9.17, 15) is 9.59 Å². The molecule has 3 heterocycles. The molecule has 0 unspecified atom stereocenters. The minimum absolute atomic E-state index is 0.314. The maximum absolute atomic E-state index is 13.1. The van der Waals surface area contributed by atoms with Crippen molar-refractivity contribution in [2.75, 3.05) is 0 Å². The van der Waals surface area contributed by atoms with E-state index in [0.717, 1.165) is 15.0 Å². The summed E-state index contributed by atoms with van der Waals surface area (Å²) in [4.78, 5) is 30.0. The molecule has 1 aliphatic rings. The molecule has 0 atom stereocenters. The van der Waals surface area contributed by atoms with Gasteiger partial charge in [0.2, 0.25) is 0 Å². The third kappa shape index (κ3) is 2.42. The predicted molar refractivity (Wildman–Crippen MR) is 95.6 cm³/mol. The zero-order valence-electron chi connectivity index (χ0n) is 13.2. The summed E-state index contributed by atoms with van der Waals surface area (Å²) in [6.45, 7) is 4.46. The number of benzene rings is 1. The summed E-state index contributed by atoms with van der Waals surface area (Å²) in [6.07, 6.45) is 0.638. The number of nitrogens with one attached hydrogen (secondary N) is 1. The fourth-order valence-corrected chi connectivity index (χ4v) is 4.37. The largest absolute Gasteiger partial charge is 0.370 e. The van der Waals surface area contributed by atoms with Gasteiger partial charge in [-0.05, 0) is 37.6 Å². The van der Waals surface area contributed by atoms with Gasteiger partial charge in [0.05, 0.1) is 23.3 Å². The molecule has 0 saturated carbocycles. The van der Waals surface area contributed by atoms with Gasteiger partial charge in [-0.15, -0.1) is 11.3 Å². The van der Waals surface area contributed by atoms with Gasteiger partial charge in [-0.2, -0.15) is 0 Å². The van der Waals surface area contributed by atoms with E-state index in [1.54, 1.807) is 24.3 Å². The predicted octanol–water partition coefficient (Wildman–Crippen LogP) is 3.25. The Morgan fingerprint density at radius 2 is 2.12 bits per heavy atom. The van der Waals surface area contributed by atoms with Crippen LogP contribution in [-0.2, 0) is 17.8 Å². The van der Waals surface area contributed by atoms with Gasteiger partial charge < -0.3 is 4.74 Å². The molecule has 0 saturated heterocycles. The molecule has 5 nitrogen and oxygen atoms in total. The Balaban J connectivity index is 2.04. The second kappa shape index (κ2) is 5.31. The molecule has 1 aliphatic heterocycles. The number of rotatable bonds is 1. The molecule has 24 heavy (non-hydrogen) atoms. The molecule has 3 aromatic rings.